The number of ketones is 1. The van der Waals surface area contributed by atoms with Gasteiger partial charge in [-0.15, -0.1) is 10.2 Å². The van der Waals surface area contributed by atoms with Crippen LogP contribution in [0.2, 0.25) is 0 Å². The van der Waals surface area contributed by atoms with Gasteiger partial charge >= 0.3 is 0 Å². The summed E-state index contributed by atoms with van der Waals surface area (Å²) in [6, 6.07) is 11.4. The van der Waals surface area contributed by atoms with E-state index in [0.29, 0.717) is 27.3 Å². The van der Waals surface area contributed by atoms with E-state index < -0.39 is 0 Å². The molecule has 4 aromatic rings. The van der Waals surface area contributed by atoms with E-state index in [4.69, 9.17) is 9.47 Å². The van der Waals surface area contributed by atoms with Crippen molar-refractivity contribution >= 4 is 49.1 Å². The highest BCUT2D eigenvalue weighted by Crippen LogP contribution is 2.41. The molecule has 0 radical (unpaired) electrons. The number of rotatable bonds is 6. The zero-order valence-electron chi connectivity index (χ0n) is 16.8. The summed E-state index contributed by atoms with van der Waals surface area (Å²) in [6.45, 7) is 0. The zero-order valence-corrected chi connectivity index (χ0v) is 19.2. The van der Waals surface area contributed by atoms with Crippen molar-refractivity contribution in [2.45, 2.75) is 0 Å². The highest BCUT2D eigenvalue weighted by Gasteiger charge is 2.26. The first-order chi connectivity index (χ1) is 14.4. The molecule has 0 aliphatic rings. The molecule has 0 aliphatic heterocycles. The van der Waals surface area contributed by atoms with Gasteiger partial charge in [-0.1, -0.05) is 39.4 Å². The molecule has 154 valence electrons. The Labute approximate surface area is 185 Å². The van der Waals surface area contributed by atoms with Crippen LogP contribution in [0.1, 0.15) is 15.5 Å². The fraction of sp³-hybridized carbons (Fsp3) is 0.190. The quantitative estimate of drug-likeness (QED) is 0.395. The number of halogens is 1. The summed E-state index contributed by atoms with van der Waals surface area (Å²) in [5.74, 6) is 1.02. The fourth-order valence-corrected chi connectivity index (χ4v) is 4.20. The molecule has 2 heterocycles. The molecule has 1 N–H and O–H groups in total. The normalized spacial score (nSPS) is 11.0. The predicted octanol–water partition coefficient (Wildman–Crippen LogP) is 4.76. The number of aromatic amines is 1. The van der Waals surface area contributed by atoms with Crippen LogP contribution in [0.3, 0.4) is 0 Å². The summed E-state index contributed by atoms with van der Waals surface area (Å²) in [6.07, 6.45) is 0. The number of hydrogen-bond acceptors (Lipinski definition) is 7. The van der Waals surface area contributed by atoms with Crippen LogP contribution in [0.5, 0.6) is 11.5 Å². The number of ether oxygens (including phenoxy) is 2. The third-order valence-corrected chi connectivity index (χ3v) is 6.26. The summed E-state index contributed by atoms with van der Waals surface area (Å²) in [5, 5.41) is 9.99. The summed E-state index contributed by atoms with van der Waals surface area (Å²) >= 11 is 4.72. The van der Waals surface area contributed by atoms with Crippen molar-refractivity contribution in [1.29, 1.82) is 0 Å². The molecule has 0 amide bonds. The summed E-state index contributed by atoms with van der Waals surface area (Å²) in [7, 11) is 6.92. The molecule has 30 heavy (non-hydrogen) atoms. The van der Waals surface area contributed by atoms with E-state index in [1.54, 1.807) is 14.2 Å². The smallest absolute Gasteiger partial charge is 0.240 e. The molecule has 9 heteroatoms. The van der Waals surface area contributed by atoms with Gasteiger partial charge in [0.15, 0.2) is 5.01 Å². The van der Waals surface area contributed by atoms with E-state index >= 15 is 0 Å². The first-order valence-corrected chi connectivity index (χ1v) is 10.6. The van der Waals surface area contributed by atoms with Crippen LogP contribution in [0.4, 0.5) is 5.13 Å². The van der Waals surface area contributed by atoms with Crippen LogP contribution in [0.25, 0.3) is 22.0 Å². The molecular formula is C21H19BrN4O3S. The Hall–Kier alpha value is -2.91. The van der Waals surface area contributed by atoms with Crippen LogP contribution in [-0.4, -0.2) is 49.3 Å². The maximum Gasteiger partial charge on any atom is 0.240 e. The minimum atomic E-state index is -0.226. The number of H-pyrrole nitrogens is 1. The third kappa shape index (κ3) is 3.54. The van der Waals surface area contributed by atoms with E-state index in [9.17, 15) is 4.79 Å². The average molecular weight is 487 g/mol. The molecule has 0 fully saturated rings. The lowest BCUT2D eigenvalue weighted by molar-refractivity contribution is 0.103. The lowest BCUT2D eigenvalue weighted by Gasteiger charge is -2.09. The van der Waals surface area contributed by atoms with Gasteiger partial charge in [-0.05, 0) is 17.7 Å². The molecule has 0 aliphatic carbocycles. The van der Waals surface area contributed by atoms with E-state index in [1.165, 1.54) is 11.3 Å². The second-order valence-corrected chi connectivity index (χ2v) is 8.62. The van der Waals surface area contributed by atoms with E-state index in [1.807, 2.05) is 55.4 Å². The maximum absolute atomic E-state index is 13.4. The summed E-state index contributed by atoms with van der Waals surface area (Å²) in [4.78, 5) is 18.5. The molecule has 2 aromatic carbocycles. The molecule has 0 spiro atoms. The van der Waals surface area contributed by atoms with E-state index in [-0.39, 0.29) is 5.78 Å². The summed E-state index contributed by atoms with van der Waals surface area (Å²) in [5.41, 5.74) is 2.81. The highest BCUT2D eigenvalue weighted by atomic mass is 79.9. The Bertz CT molecular complexity index is 1230. The van der Waals surface area contributed by atoms with E-state index in [0.717, 1.165) is 26.5 Å². The van der Waals surface area contributed by atoms with Gasteiger partial charge in [0.25, 0.3) is 0 Å². The predicted molar refractivity (Wildman–Crippen MR) is 122 cm³/mol. The lowest BCUT2D eigenvalue weighted by atomic mass is 9.99. The Kier molecular flexibility index (Phi) is 5.48. The van der Waals surface area contributed by atoms with Crippen molar-refractivity contribution < 1.29 is 14.3 Å². The zero-order chi connectivity index (χ0) is 21.4. The second-order valence-electron chi connectivity index (χ2n) is 6.75. The first kappa shape index (κ1) is 20.4. The van der Waals surface area contributed by atoms with Crippen molar-refractivity contribution in [2.24, 2.45) is 0 Å². The number of hydrogen-bond donors (Lipinski definition) is 1. The third-order valence-electron chi connectivity index (χ3n) is 4.64. The number of carbonyl (C=O) groups excluding carboxylic acids is 1. The maximum atomic E-state index is 13.4. The van der Waals surface area contributed by atoms with Crippen LogP contribution in [-0.2, 0) is 0 Å². The van der Waals surface area contributed by atoms with Gasteiger partial charge in [0.05, 0.1) is 30.8 Å². The molecule has 0 saturated heterocycles. The molecule has 2 aromatic heterocycles. The molecule has 0 bridgehead atoms. The van der Waals surface area contributed by atoms with Crippen LogP contribution in [0, 0.1) is 0 Å². The van der Waals surface area contributed by atoms with Gasteiger partial charge in [-0.3, -0.25) is 4.79 Å². The van der Waals surface area contributed by atoms with Gasteiger partial charge in [0.2, 0.25) is 10.9 Å². The van der Waals surface area contributed by atoms with Crippen molar-refractivity contribution in [3.8, 4) is 22.6 Å². The number of nitrogens with one attached hydrogen (secondary N) is 1. The Morgan fingerprint density at radius 2 is 1.83 bits per heavy atom. The van der Waals surface area contributed by atoms with Crippen molar-refractivity contribution in [3.63, 3.8) is 0 Å². The lowest BCUT2D eigenvalue weighted by Crippen LogP contribution is -2.07. The molecule has 0 atom stereocenters. The monoisotopic (exact) mass is 486 g/mol. The van der Waals surface area contributed by atoms with Gasteiger partial charge in [0, 0.05) is 36.3 Å². The number of fused-ring (bicyclic) bond motifs is 1. The van der Waals surface area contributed by atoms with Crippen LogP contribution < -0.4 is 14.4 Å². The molecule has 0 saturated carbocycles. The Morgan fingerprint density at radius 1 is 1.10 bits per heavy atom. The summed E-state index contributed by atoms with van der Waals surface area (Å²) < 4.78 is 12.0. The second kappa shape index (κ2) is 8.08. The molecular weight excluding hydrogens is 468 g/mol. The van der Waals surface area contributed by atoms with Gasteiger partial charge in [-0.2, -0.15) is 0 Å². The number of methoxy groups -OCH3 is 2. The number of aromatic nitrogens is 3. The average Bonchev–Trinajstić information content (AvgIpc) is 3.38. The largest absolute Gasteiger partial charge is 0.497 e. The van der Waals surface area contributed by atoms with Crippen LogP contribution in [0.15, 0.2) is 40.9 Å². The van der Waals surface area contributed by atoms with Crippen molar-refractivity contribution in [3.05, 3.63) is 51.6 Å². The first-order valence-electron chi connectivity index (χ1n) is 9.02. The van der Waals surface area contributed by atoms with E-state index in [2.05, 4.69) is 31.1 Å². The van der Waals surface area contributed by atoms with Gasteiger partial charge < -0.3 is 19.4 Å². The number of benzene rings is 2. The van der Waals surface area contributed by atoms with Crippen molar-refractivity contribution in [1.82, 2.24) is 15.2 Å². The van der Waals surface area contributed by atoms with Crippen molar-refractivity contribution in [2.75, 3.05) is 33.2 Å². The fourth-order valence-electron chi connectivity index (χ4n) is 3.22. The van der Waals surface area contributed by atoms with Gasteiger partial charge in [0.1, 0.15) is 11.5 Å². The minimum absolute atomic E-state index is 0.226. The minimum Gasteiger partial charge on any atom is -0.497 e. The number of nitrogens with zero attached hydrogens (tertiary/aromatic N) is 3. The standard InChI is InChI=1S/C21H19BrN4O3S/c1-26(2)21-25-24-20(30-21)19(27)18-16(11-5-7-12(22)8-6-11)17-14(23-18)9-13(28-3)10-15(17)29-4/h5-10,23H,1-4H3. The molecule has 7 nitrogen and oxygen atoms in total. The number of anilines is 1. The van der Waals surface area contributed by atoms with Crippen LogP contribution >= 0.6 is 27.3 Å². The molecule has 4 rings (SSSR count). The SMILES string of the molecule is COc1cc(OC)c2c(-c3ccc(Br)cc3)c(C(=O)c3nnc(N(C)C)s3)[nH]c2c1. The Balaban J connectivity index is 1.98. The highest BCUT2D eigenvalue weighted by molar-refractivity contribution is 9.10. The Morgan fingerprint density at radius 3 is 2.43 bits per heavy atom. The van der Waals surface area contributed by atoms with Gasteiger partial charge in [-0.25, -0.2) is 0 Å². The number of carbonyl (C=O) groups is 1. The topological polar surface area (TPSA) is 80.3 Å². The molecule has 0 unspecified atom stereocenters.